The third-order valence-corrected chi connectivity index (χ3v) is 5.02. The van der Waals surface area contributed by atoms with Gasteiger partial charge in [-0.05, 0) is 68.1 Å². The van der Waals surface area contributed by atoms with Crippen molar-refractivity contribution in [3.63, 3.8) is 0 Å². The quantitative estimate of drug-likeness (QED) is 0.408. The summed E-state index contributed by atoms with van der Waals surface area (Å²) in [6.45, 7) is 6.78. The van der Waals surface area contributed by atoms with Crippen molar-refractivity contribution in [3.8, 4) is 0 Å². The van der Waals surface area contributed by atoms with E-state index in [2.05, 4.69) is 31.8 Å². The summed E-state index contributed by atoms with van der Waals surface area (Å²) in [4.78, 5) is 3.94. The predicted molar refractivity (Wildman–Crippen MR) is 93.7 cm³/mol. The predicted octanol–water partition coefficient (Wildman–Crippen LogP) is 5.26. The van der Waals surface area contributed by atoms with E-state index in [4.69, 9.17) is 34.8 Å². The van der Waals surface area contributed by atoms with Gasteiger partial charge in [-0.15, -0.1) is 11.6 Å². The highest BCUT2D eigenvalue weighted by Crippen LogP contribution is 2.45. The van der Waals surface area contributed by atoms with Gasteiger partial charge in [-0.2, -0.15) is 0 Å². The molecule has 3 unspecified atom stereocenters. The molecule has 0 aromatic rings. The maximum atomic E-state index is 10.2. The van der Waals surface area contributed by atoms with E-state index in [0.29, 0.717) is 13.0 Å². The molecule has 0 aromatic carbocycles. The molecule has 0 bridgehead atoms. The fourth-order valence-corrected chi connectivity index (χ4v) is 3.25. The summed E-state index contributed by atoms with van der Waals surface area (Å²) < 4.78 is 0.0322. The first-order chi connectivity index (χ1) is 9.74. The van der Waals surface area contributed by atoms with Crippen LogP contribution in [0.4, 0.5) is 0 Å². The molecule has 0 amide bonds. The number of rotatable bonds is 5. The Morgan fingerprint density at radius 3 is 2.67 bits per heavy atom. The fraction of sp³-hybridized carbons (Fsp3) is 0.688. The summed E-state index contributed by atoms with van der Waals surface area (Å²) in [7, 11) is 0. The van der Waals surface area contributed by atoms with Gasteiger partial charge in [-0.3, -0.25) is 4.99 Å². The van der Waals surface area contributed by atoms with Crippen LogP contribution in [0.15, 0.2) is 28.3 Å². The number of halogens is 3. The molecule has 1 rings (SSSR count). The van der Waals surface area contributed by atoms with Gasteiger partial charge < -0.3 is 5.11 Å². The molecule has 120 valence electrons. The van der Waals surface area contributed by atoms with E-state index >= 15 is 0 Å². The van der Waals surface area contributed by atoms with Crippen molar-refractivity contribution >= 4 is 39.4 Å². The van der Waals surface area contributed by atoms with Gasteiger partial charge in [-0.25, -0.2) is 0 Å². The molecule has 0 radical (unpaired) electrons. The lowest BCUT2D eigenvalue weighted by Crippen LogP contribution is -2.42. The van der Waals surface area contributed by atoms with Crippen molar-refractivity contribution < 1.29 is 5.11 Å². The van der Waals surface area contributed by atoms with Crippen LogP contribution in [0, 0.1) is 5.41 Å². The molecule has 3 atom stereocenters. The Morgan fingerprint density at radius 1 is 1.43 bits per heavy atom. The van der Waals surface area contributed by atoms with Crippen LogP contribution in [0.1, 0.15) is 46.5 Å². The second-order valence-corrected chi connectivity index (χ2v) is 7.65. The van der Waals surface area contributed by atoms with Gasteiger partial charge in [0.15, 0.2) is 4.63 Å². The van der Waals surface area contributed by atoms with Gasteiger partial charge in [0.2, 0.25) is 0 Å². The lowest BCUT2D eigenvalue weighted by molar-refractivity contribution is 0.0826. The second-order valence-electron chi connectivity index (χ2n) is 6.27. The minimum absolute atomic E-state index is 0.0322. The van der Waals surface area contributed by atoms with E-state index in [-0.39, 0.29) is 15.4 Å². The highest BCUT2D eigenvalue weighted by atomic mass is 35.5. The van der Waals surface area contributed by atoms with Crippen molar-refractivity contribution in [2.45, 2.75) is 57.9 Å². The lowest BCUT2D eigenvalue weighted by Gasteiger charge is -2.42. The van der Waals surface area contributed by atoms with Crippen LogP contribution >= 0.6 is 34.8 Å². The van der Waals surface area contributed by atoms with E-state index in [9.17, 15) is 5.11 Å². The zero-order chi connectivity index (χ0) is 16.0. The molecule has 0 aliphatic heterocycles. The molecule has 2 nitrogen and oxygen atoms in total. The zero-order valence-electron chi connectivity index (χ0n) is 12.9. The maximum absolute atomic E-state index is 10.2. The molecule has 5 heteroatoms. The van der Waals surface area contributed by atoms with E-state index in [1.165, 1.54) is 11.1 Å². The highest BCUT2D eigenvalue weighted by Gasteiger charge is 2.41. The number of aliphatic hydroxyl groups is 1. The standard InChI is InChI=1S/C16H24Cl3NO/c1-11(2)5-4-7-16(3)10-12(6-8-20-15(18)19)9-13(21)14(16)17/h5-6,13-14,21H,4,7-10H2,1-3H3. The van der Waals surface area contributed by atoms with Gasteiger partial charge in [0, 0.05) is 0 Å². The Morgan fingerprint density at radius 2 is 2.10 bits per heavy atom. The molecular weight excluding hydrogens is 329 g/mol. The van der Waals surface area contributed by atoms with Crippen LogP contribution in [-0.4, -0.2) is 27.8 Å². The number of alkyl halides is 1. The van der Waals surface area contributed by atoms with Crippen LogP contribution in [0.2, 0.25) is 0 Å². The summed E-state index contributed by atoms with van der Waals surface area (Å²) in [6.07, 6.45) is 7.12. The number of aliphatic imine (C=N–C) groups is 1. The molecule has 1 aliphatic carbocycles. The van der Waals surface area contributed by atoms with Crippen molar-refractivity contribution in [3.05, 3.63) is 23.3 Å². The van der Waals surface area contributed by atoms with E-state index in [0.717, 1.165) is 19.3 Å². The number of hydrogen-bond acceptors (Lipinski definition) is 2. The molecule has 0 heterocycles. The third kappa shape index (κ3) is 6.32. The SMILES string of the molecule is CC(C)=CCCC1(C)CC(=CCN=C(Cl)Cl)CC(O)C1Cl. The van der Waals surface area contributed by atoms with Crippen LogP contribution in [0.3, 0.4) is 0 Å². The van der Waals surface area contributed by atoms with Gasteiger partial charge in [-0.1, -0.05) is 30.2 Å². The van der Waals surface area contributed by atoms with Crippen molar-refractivity contribution in [2.24, 2.45) is 10.4 Å². The Bertz CT molecular complexity index is 437. The van der Waals surface area contributed by atoms with Gasteiger partial charge in [0.25, 0.3) is 0 Å². The Labute approximate surface area is 142 Å². The molecule has 0 saturated heterocycles. The molecule has 0 spiro atoms. The number of allylic oxidation sites excluding steroid dienone is 2. The topological polar surface area (TPSA) is 32.6 Å². The molecule has 21 heavy (non-hydrogen) atoms. The molecule has 1 aliphatic rings. The van der Waals surface area contributed by atoms with Crippen LogP contribution in [-0.2, 0) is 0 Å². The number of aliphatic hydroxyl groups excluding tert-OH is 1. The summed E-state index contributed by atoms with van der Waals surface area (Å²) in [5.41, 5.74) is 2.38. The summed E-state index contributed by atoms with van der Waals surface area (Å²) >= 11 is 17.5. The average Bonchev–Trinajstić information content (AvgIpc) is 2.35. The van der Waals surface area contributed by atoms with Gasteiger partial charge in [0.1, 0.15) is 0 Å². The first-order valence-corrected chi connectivity index (χ1v) is 8.42. The number of hydrogen-bond donors (Lipinski definition) is 1. The lowest BCUT2D eigenvalue weighted by atomic mass is 9.69. The van der Waals surface area contributed by atoms with Gasteiger partial charge in [0.05, 0.1) is 18.0 Å². The van der Waals surface area contributed by atoms with Crippen LogP contribution < -0.4 is 0 Å². The fourth-order valence-electron chi connectivity index (χ4n) is 2.84. The monoisotopic (exact) mass is 351 g/mol. The molecule has 1 N–H and O–H groups in total. The van der Waals surface area contributed by atoms with E-state index in [1.807, 2.05) is 6.08 Å². The first-order valence-electron chi connectivity index (χ1n) is 7.23. The summed E-state index contributed by atoms with van der Waals surface area (Å²) in [5.74, 6) is 0. The minimum atomic E-state index is -0.515. The van der Waals surface area contributed by atoms with Crippen molar-refractivity contribution in [1.82, 2.24) is 0 Å². The summed E-state index contributed by atoms with van der Waals surface area (Å²) in [5, 5.41) is 10.0. The normalized spacial score (nSPS) is 31.1. The Balaban J connectivity index is 2.77. The maximum Gasteiger partial charge on any atom is 0.192 e. The zero-order valence-corrected chi connectivity index (χ0v) is 15.1. The largest absolute Gasteiger partial charge is 0.391 e. The average molecular weight is 353 g/mol. The van der Waals surface area contributed by atoms with E-state index in [1.54, 1.807) is 0 Å². The van der Waals surface area contributed by atoms with Crippen molar-refractivity contribution in [2.75, 3.05) is 6.54 Å². The molecular formula is C16H24Cl3NO. The van der Waals surface area contributed by atoms with Crippen LogP contribution in [0.5, 0.6) is 0 Å². The summed E-state index contributed by atoms with van der Waals surface area (Å²) in [6, 6.07) is 0. The number of nitrogens with zero attached hydrogens (tertiary/aromatic N) is 1. The molecule has 0 aromatic heterocycles. The Hall–Kier alpha value is -0.0200. The smallest absolute Gasteiger partial charge is 0.192 e. The van der Waals surface area contributed by atoms with E-state index < -0.39 is 6.10 Å². The van der Waals surface area contributed by atoms with Crippen molar-refractivity contribution in [1.29, 1.82) is 0 Å². The molecule has 1 fully saturated rings. The Kier molecular flexibility index (Phi) is 7.77. The third-order valence-electron chi connectivity index (χ3n) is 3.96. The van der Waals surface area contributed by atoms with Gasteiger partial charge >= 0.3 is 0 Å². The van der Waals surface area contributed by atoms with Crippen LogP contribution in [0.25, 0.3) is 0 Å². The molecule has 1 saturated carbocycles. The second kappa shape index (κ2) is 8.57. The first kappa shape index (κ1) is 19.0. The highest BCUT2D eigenvalue weighted by molar-refractivity contribution is 6.95. The minimum Gasteiger partial charge on any atom is -0.391 e.